The second-order valence-corrected chi connectivity index (χ2v) is 5.24. The topological polar surface area (TPSA) is 84.2 Å². The van der Waals surface area contributed by atoms with Gasteiger partial charge in [0, 0.05) is 29.3 Å². The van der Waals surface area contributed by atoms with E-state index >= 15 is 0 Å². The van der Waals surface area contributed by atoms with Gasteiger partial charge in [0.15, 0.2) is 0 Å². The fourth-order valence-corrected chi connectivity index (χ4v) is 2.33. The normalized spacial score (nSPS) is 10.3. The van der Waals surface area contributed by atoms with Crippen LogP contribution < -0.4 is 5.32 Å². The van der Waals surface area contributed by atoms with Crippen molar-refractivity contribution in [2.24, 2.45) is 0 Å². The number of aliphatic carboxylic acids is 1. The summed E-state index contributed by atoms with van der Waals surface area (Å²) < 4.78 is 1.84. The van der Waals surface area contributed by atoms with Crippen molar-refractivity contribution in [1.29, 1.82) is 0 Å². The number of imidazole rings is 1. The van der Waals surface area contributed by atoms with Crippen LogP contribution >= 0.6 is 0 Å². The minimum atomic E-state index is -0.909. The lowest BCUT2D eigenvalue weighted by Crippen LogP contribution is -2.12. The first kappa shape index (κ1) is 15.5. The average molecular weight is 321 g/mol. The van der Waals surface area contributed by atoms with Crippen molar-refractivity contribution in [3.8, 4) is 5.69 Å². The molecular formula is C18H15N3O3. The van der Waals surface area contributed by atoms with E-state index in [4.69, 9.17) is 5.11 Å². The number of amides is 1. The van der Waals surface area contributed by atoms with Gasteiger partial charge in [0.1, 0.15) is 0 Å². The highest BCUT2D eigenvalue weighted by Gasteiger charge is 2.08. The van der Waals surface area contributed by atoms with Crippen LogP contribution in [0.3, 0.4) is 0 Å². The maximum atomic E-state index is 12.3. The van der Waals surface area contributed by atoms with Gasteiger partial charge >= 0.3 is 5.97 Å². The Morgan fingerprint density at radius 3 is 2.58 bits per heavy atom. The predicted molar refractivity (Wildman–Crippen MR) is 89.3 cm³/mol. The van der Waals surface area contributed by atoms with Gasteiger partial charge < -0.3 is 15.0 Å². The number of aromatic nitrogens is 2. The van der Waals surface area contributed by atoms with E-state index in [0.717, 1.165) is 5.69 Å². The van der Waals surface area contributed by atoms with Gasteiger partial charge in [0.05, 0.1) is 12.7 Å². The van der Waals surface area contributed by atoms with Crippen LogP contribution in [0.25, 0.3) is 5.69 Å². The molecule has 0 aliphatic heterocycles. The number of nitrogens with zero attached hydrogens (tertiary/aromatic N) is 2. The molecule has 0 aliphatic carbocycles. The molecule has 0 unspecified atom stereocenters. The summed E-state index contributed by atoms with van der Waals surface area (Å²) in [6, 6.07) is 13.9. The van der Waals surface area contributed by atoms with Gasteiger partial charge in [-0.05, 0) is 42.0 Å². The molecule has 2 N–H and O–H groups in total. The molecule has 3 rings (SSSR count). The van der Waals surface area contributed by atoms with Crippen LogP contribution in [-0.4, -0.2) is 26.5 Å². The van der Waals surface area contributed by atoms with E-state index in [-0.39, 0.29) is 12.3 Å². The van der Waals surface area contributed by atoms with Crippen LogP contribution in [0.2, 0.25) is 0 Å². The maximum Gasteiger partial charge on any atom is 0.307 e. The summed E-state index contributed by atoms with van der Waals surface area (Å²) in [5.41, 5.74) is 2.63. The van der Waals surface area contributed by atoms with E-state index in [0.29, 0.717) is 16.8 Å². The zero-order valence-electron chi connectivity index (χ0n) is 12.7. The Morgan fingerprint density at radius 1 is 1.12 bits per heavy atom. The van der Waals surface area contributed by atoms with E-state index in [1.54, 1.807) is 48.9 Å². The molecule has 24 heavy (non-hydrogen) atoms. The van der Waals surface area contributed by atoms with Crippen LogP contribution in [0.15, 0.2) is 67.3 Å². The minimum absolute atomic E-state index is 0.0800. The third kappa shape index (κ3) is 3.67. The van der Waals surface area contributed by atoms with Crippen molar-refractivity contribution in [1.82, 2.24) is 9.55 Å². The third-order valence-electron chi connectivity index (χ3n) is 3.47. The zero-order valence-corrected chi connectivity index (χ0v) is 12.7. The number of rotatable bonds is 5. The van der Waals surface area contributed by atoms with Gasteiger partial charge in [-0.2, -0.15) is 0 Å². The second-order valence-electron chi connectivity index (χ2n) is 5.24. The third-order valence-corrected chi connectivity index (χ3v) is 3.47. The van der Waals surface area contributed by atoms with E-state index in [2.05, 4.69) is 10.3 Å². The van der Waals surface area contributed by atoms with Gasteiger partial charge in [-0.1, -0.05) is 12.1 Å². The molecule has 0 spiro atoms. The molecule has 3 aromatic rings. The van der Waals surface area contributed by atoms with E-state index in [9.17, 15) is 9.59 Å². The number of carbonyl (C=O) groups is 2. The first-order valence-electron chi connectivity index (χ1n) is 7.32. The lowest BCUT2D eigenvalue weighted by Gasteiger charge is -2.08. The SMILES string of the molecule is O=C(O)Cc1cccc(NC(=O)c2ccc(-n3ccnc3)cc2)c1. The Hall–Kier alpha value is -3.41. The van der Waals surface area contributed by atoms with Crippen molar-refractivity contribution in [2.45, 2.75) is 6.42 Å². The first-order valence-corrected chi connectivity index (χ1v) is 7.32. The molecule has 0 atom stereocenters. The number of carbonyl (C=O) groups excluding carboxylic acids is 1. The fourth-order valence-electron chi connectivity index (χ4n) is 2.33. The van der Waals surface area contributed by atoms with Gasteiger partial charge in [-0.15, -0.1) is 0 Å². The van der Waals surface area contributed by atoms with Crippen molar-refractivity contribution in [3.05, 3.63) is 78.4 Å². The molecule has 1 heterocycles. The average Bonchev–Trinajstić information content (AvgIpc) is 3.09. The quantitative estimate of drug-likeness (QED) is 0.757. The number of carboxylic acid groups (broad SMARTS) is 1. The van der Waals surface area contributed by atoms with Gasteiger partial charge in [0.25, 0.3) is 5.91 Å². The molecule has 120 valence electrons. The van der Waals surface area contributed by atoms with Gasteiger partial charge in [-0.3, -0.25) is 9.59 Å². The second kappa shape index (κ2) is 6.78. The summed E-state index contributed by atoms with van der Waals surface area (Å²) in [5.74, 6) is -1.16. The largest absolute Gasteiger partial charge is 0.481 e. The van der Waals surface area contributed by atoms with Crippen molar-refractivity contribution < 1.29 is 14.7 Å². The van der Waals surface area contributed by atoms with Crippen molar-refractivity contribution >= 4 is 17.6 Å². The van der Waals surface area contributed by atoms with Crippen LogP contribution in [0.5, 0.6) is 0 Å². The lowest BCUT2D eigenvalue weighted by molar-refractivity contribution is -0.136. The Balaban J connectivity index is 1.72. The highest BCUT2D eigenvalue weighted by atomic mass is 16.4. The zero-order chi connectivity index (χ0) is 16.9. The van der Waals surface area contributed by atoms with Crippen molar-refractivity contribution in [3.63, 3.8) is 0 Å². The number of carboxylic acids is 1. The summed E-state index contributed by atoms with van der Waals surface area (Å²) >= 11 is 0. The molecule has 6 heteroatoms. The van der Waals surface area contributed by atoms with Gasteiger partial charge in [0.2, 0.25) is 0 Å². The smallest absolute Gasteiger partial charge is 0.307 e. The summed E-state index contributed by atoms with van der Waals surface area (Å²) in [6.45, 7) is 0. The number of hydrogen-bond donors (Lipinski definition) is 2. The van der Waals surface area contributed by atoms with Crippen molar-refractivity contribution in [2.75, 3.05) is 5.32 Å². The summed E-state index contributed by atoms with van der Waals surface area (Å²) in [6.07, 6.45) is 5.11. The van der Waals surface area contributed by atoms with E-state index in [1.165, 1.54) is 0 Å². The molecule has 1 aromatic heterocycles. The molecule has 0 bridgehead atoms. The van der Waals surface area contributed by atoms with E-state index < -0.39 is 5.97 Å². The van der Waals surface area contributed by atoms with Crippen LogP contribution in [-0.2, 0) is 11.2 Å². The molecule has 0 aliphatic rings. The molecule has 0 saturated carbocycles. The molecule has 0 radical (unpaired) electrons. The van der Waals surface area contributed by atoms with Crippen LogP contribution in [0.4, 0.5) is 5.69 Å². The molecule has 0 saturated heterocycles. The standard InChI is InChI=1S/C18H15N3O3/c22-17(23)11-13-2-1-3-15(10-13)20-18(24)14-4-6-16(7-5-14)21-9-8-19-12-21/h1-10,12H,11H2,(H,20,24)(H,22,23). The fraction of sp³-hybridized carbons (Fsp3) is 0.0556. The molecule has 2 aromatic carbocycles. The lowest BCUT2D eigenvalue weighted by atomic mass is 10.1. The minimum Gasteiger partial charge on any atom is -0.481 e. The Kier molecular flexibility index (Phi) is 4.38. The predicted octanol–water partition coefficient (Wildman–Crippen LogP) is 2.75. The van der Waals surface area contributed by atoms with Crippen LogP contribution in [0.1, 0.15) is 15.9 Å². The summed E-state index contributed by atoms with van der Waals surface area (Å²) in [5, 5.41) is 11.6. The number of benzene rings is 2. The number of anilines is 1. The van der Waals surface area contributed by atoms with Gasteiger partial charge in [-0.25, -0.2) is 4.98 Å². The number of hydrogen-bond acceptors (Lipinski definition) is 3. The first-order chi connectivity index (χ1) is 11.6. The monoisotopic (exact) mass is 321 g/mol. The van der Waals surface area contributed by atoms with Crippen LogP contribution in [0, 0.1) is 0 Å². The Bertz CT molecular complexity index is 855. The maximum absolute atomic E-state index is 12.3. The van der Waals surface area contributed by atoms with E-state index in [1.807, 2.05) is 22.9 Å². The highest BCUT2D eigenvalue weighted by Crippen LogP contribution is 2.14. The Morgan fingerprint density at radius 2 is 1.92 bits per heavy atom. The molecular weight excluding hydrogens is 306 g/mol. The number of nitrogens with one attached hydrogen (secondary N) is 1. The molecule has 0 fully saturated rings. The molecule has 1 amide bonds. The summed E-state index contributed by atoms with van der Waals surface area (Å²) in [7, 11) is 0. The summed E-state index contributed by atoms with van der Waals surface area (Å²) in [4.78, 5) is 27.0. The molecule has 6 nitrogen and oxygen atoms in total. The highest BCUT2D eigenvalue weighted by molar-refractivity contribution is 6.04. The Labute approximate surface area is 138 Å².